The van der Waals surface area contributed by atoms with Crippen LogP contribution in [0.1, 0.15) is 38.7 Å². The molecule has 0 bridgehead atoms. The van der Waals surface area contributed by atoms with E-state index in [-0.39, 0.29) is 41.9 Å². The van der Waals surface area contributed by atoms with Gasteiger partial charge < -0.3 is 30.2 Å². The zero-order chi connectivity index (χ0) is 26.5. The molecule has 2 amide bonds. The number of nitrogens with one attached hydrogen (secondary N) is 3. The Hall–Kier alpha value is -2.91. The van der Waals surface area contributed by atoms with Gasteiger partial charge in [0, 0.05) is 51.6 Å². The number of pyridine rings is 1. The molecule has 1 saturated heterocycles. The fourth-order valence-corrected chi connectivity index (χ4v) is 6.14. The first-order chi connectivity index (χ1) is 17.9. The first kappa shape index (κ1) is 27.1. The standard InChI is InChI=1S/C28H40N4O5/c1-6-23-21-15-26(37-5)25(36-4)14-20(21)22(28(34)32-23)13-18-11-17-12-19(35-3)7-8-24(17)31-27(18)30-10-9-29-16(2)33/h7-8,11-12,20-23,25-26H,6,9-10,13-15H2,1-5H3,(H,29,33)(H,30,31)(H,32,34). The molecular formula is C28H40N4O5. The zero-order valence-electron chi connectivity index (χ0n) is 22.5. The fraction of sp³-hybridized carbons (Fsp3) is 0.607. The fourth-order valence-electron chi connectivity index (χ4n) is 6.14. The van der Waals surface area contributed by atoms with E-state index in [1.165, 1.54) is 6.92 Å². The summed E-state index contributed by atoms with van der Waals surface area (Å²) in [7, 11) is 5.11. The molecule has 1 aromatic heterocycles. The first-order valence-corrected chi connectivity index (χ1v) is 13.2. The number of rotatable bonds is 10. The third kappa shape index (κ3) is 5.99. The molecule has 1 saturated carbocycles. The number of ether oxygens (including phenoxy) is 3. The van der Waals surface area contributed by atoms with Gasteiger partial charge in [-0.15, -0.1) is 0 Å². The van der Waals surface area contributed by atoms with Gasteiger partial charge in [0.15, 0.2) is 0 Å². The molecule has 1 aliphatic heterocycles. The number of hydrogen-bond acceptors (Lipinski definition) is 7. The van der Waals surface area contributed by atoms with Crippen LogP contribution in [0.25, 0.3) is 10.9 Å². The summed E-state index contributed by atoms with van der Waals surface area (Å²) in [4.78, 5) is 29.7. The Kier molecular flexibility index (Phi) is 8.87. The van der Waals surface area contributed by atoms with Gasteiger partial charge in [-0.3, -0.25) is 9.59 Å². The Balaban J connectivity index is 1.66. The lowest BCUT2D eigenvalue weighted by atomic mass is 9.63. The summed E-state index contributed by atoms with van der Waals surface area (Å²) in [6, 6.07) is 8.03. The minimum absolute atomic E-state index is 0.0248. The summed E-state index contributed by atoms with van der Waals surface area (Å²) in [5.74, 6) is 1.82. The number of anilines is 1. The molecule has 2 aromatic rings. The molecule has 2 aliphatic rings. The number of benzene rings is 1. The van der Waals surface area contributed by atoms with Crippen LogP contribution in [0.5, 0.6) is 5.75 Å². The maximum atomic E-state index is 13.5. The molecule has 0 spiro atoms. The van der Waals surface area contributed by atoms with Crippen molar-refractivity contribution in [3.8, 4) is 5.75 Å². The lowest BCUT2D eigenvalue weighted by molar-refractivity contribution is -0.144. The van der Waals surface area contributed by atoms with Crippen molar-refractivity contribution in [2.75, 3.05) is 39.7 Å². The van der Waals surface area contributed by atoms with Crippen molar-refractivity contribution in [1.82, 2.24) is 15.6 Å². The molecule has 3 N–H and O–H groups in total. The number of nitrogens with zero attached hydrogens (tertiary/aromatic N) is 1. The summed E-state index contributed by atoms with van der Waals surface area (Å²) < 4.78 is 17.0. The quantitative estimate of drug-likeness (QED) is 0.420. The van der Waals surface area contributed by atoms with Crippen LogP contribution < -0.4 is 20.7 Å². The van der Waals surface area contributed by atoms with Gasteiger partial charge in [-0.1, -0.05) is 6.92 Å². The summed E-state index contributed by atoms with van der Waals surface area (Å²) in [6.07, 6.45) is 3.09. The number of aromatic nitrogens is 1. The van der Waals surface area contributed by atoms with E-state index in [2.05, 4.69) is 28.9 Å². The van der Waals surface area contributed by atoms with Gasteiger partial charge in [0.1, 0.15) is 11.6 Å². The second-order valence-electron chi connectivity index (χ2n) is 10.1. The van der Waals surface area contributed by atoms with Crippen molar-refractivity contribution < 1.29 is 23.8 Å². The second-order valence-corrected chi connectivity index (χ2v) is 10.1. The van der Waals surface area contributed by atoms with Crippen LogP contribution in [0, 0.1) is 17.8 Å². The van der Waals surface area contributed by atoms with Gasteiger partial charge in [0.05, 0.1) is 24.8 Å². The molecule has 0 radical (unpaired) electrons. The van der Waals surface area contributed by atoms with Gasteiger partial charge in [-0.2, -0.15) is 0 Å². The van der Waals surface area contributed by atoms with E-state index in [0.29, 0.717) is 25.4 Å². The summed E-state index contributed by atoms with van der Waals surface area (Å²) in [6.45, 7) is 4.64. The van der Waals surface area contributed by atoms with Crippen molar-refractivity contribution in [2.45, 2.75) is 57.8 Å². The first-order valence-electron chi connectivity index (χ1n) is 13.2. The molecule has 6 unspecified atom stereocenters. The summed E-state index contributed by atoms with van der Waals surface area (Å²) in [5, 5.41) is 10.5. The molecule has 1 aliphatic carbocycles. The Morgan fingerprint density at radius 3 is 2.46 bits per heavy atom. The minimum Gasteiger partial charge on any atom is -0.497 e. The minimum atomic E-state index is -0.205. The van der Waals surface area contributed by atoms with Gasteiger partial charge in [-0.25, -0.2) is 4.98 Å². The Morgan fingerprint density at radius 2 is 1.81 bits per heavy atom. The average Bonchev–Trinajstić information content (AvgIpc) is 2.91. The molecule has 4 rings (SSSR count). The van der Waals surface area contributed by atoms with Crippen LogP contribution in [0.15, 0.2) is 24.3 Å². The number of carbonyl (C=O) groups excluding carboxylic acids is 2. The zero-order valence-corrected chi connectivity index (χ0v) is 22.5. The smallest absolute Gasteiger partial charge is 0.223 e. The van der Waals surface area contributed by atoms with Gasteiger partial charge in [0.2, 0.25) is 11.8 Å². The molecule has 202 valence electrons. The van der Waals surface area contributed by atoms with Crippen LogP contribution in [-0.4, -0.2) is 69.5 Å². The van der Waals surface area contributed by atoms with Gasteiger partial charge in [0.25, 0.3) is 0 Å². The van der Waals surface area contributed by atoms with Crippen LogP contribution in [0.4, 0.5) is 5.82 Å². The molecule has 2 fully saturated rings. The lowest BCUT2D eigenvalue weighted by Crippen LogP contribution is -2.59. The number of methoxy groups -OCH3 is 3. The SMILES string of the molecule is CCC1NC(=O)C(Cc2cc3cc(OC)ccc3nc2NCCNC(C)=O)C2CC(OC)C(OC)CC12. The highest BCUT2D eigenvalue weighted by Gasteiger charge is 2.49. The highest BCUT2D eigenvalue weighted by Crippen LogP contribution is 2.44. The molecule has 9 heteroatoms. The number of carbonyl (C=O) groups is 2. The average molecular weight is 513 g/mol. The Labute approximate surface area is 219 Å². The predicted molar refractivity (Wildman–Crippen MR) is 143 cm³/mol. The van der Waals surface area contributed by atoms with E-state index in [1.807, 2.05) is 18.2 Å². The van der Waals surface area contributed by atoms with Crippen LogP contribution in [-0.2, 0) is 25.5 Å². The maximum absolute atomic E-state index is 13.5. The van der Waals surface area contributed by atoms with E-state index in [4.69, 9.17) is 19.2 Å². The number of hydrogen-bond donors (Lipinski definition) is 3. The van der Waals surface area contributed by atoms with Gasteiger partial charge >= 0.3 is 0 Å². The number of piperidine rings is 1. The normalized spacial score (nSPS) is 27.3. The largest absolute Gasteiger partial charge is 0.497 e. The molecule has 1 aromatic carbocycles. The van der Waals surface area contributed by atoms with Crippen LogP contribution in [0.3, 0.4) is 0 Å². The highest BCUT2D eigenvalue weighted by molar-refractivity contribution is 5.84. The predicted octanol–water partition coefficient (Wildman–Crippen LogP) is 2.91. The number of fused-ring (bicyclic) bond motifs is 2. The third-order valence-corrected chi connectivity index (χ3v) is 8.05. The lowest BCUT2D eigenvalue weighted by Gasteiger charge is -2.49. The van der Waals surface area contributed by atoms with Crippen molar-refractivity contribution in [1.29, 1.82) is 0 Å². The topological polar surface area (TPSA) is 111 Å². The number of amides is 2. The molecule has 6 atom stereocenters. The van der Waals surface area contributed by atoms with Crippen molar-refractivity contribution in [3.05, 3.63) is 29.8 Å². The van der Waals surface area contributed by atoms with Crippen molar-refractivity contribution in [3.63, 3.8) is 0 Å². The van der Waals surface area contributed by atoms with Crippen LogP contribution in [0.2, 0.25) is 0 Å². The van der Waals surface area contributed by atoms with E-state index < -0.39 is 0 Å². The Morgan fingerprint density at radius 1 is 1.08 bits per heavy atom. The van der Waals surface area contributed by atoms with E-state index in [1.54, 1.807) is 21.3 Å². The Bertz CT molecular complexity index is 1110. The maximum Gasteiger partial charge on any atom is 0.223 e. The van der Waals surface area contributed by atoms with Crippen LogP contribution >= 0.6 is 0 Å². The monoisotopic (exact) mass is 512 g/mol. The van der Waals surface area contributed by atoms with Crippen molar-refractivity contribution >= 4 is 28.5 Å². The van der Waals surface area contributed by atoms with E-state index >= 15 is 0 Å². The summed E-state index contributed by atoms with van der Waals surface area (Å²) >= 11 is 0. The van der Waals surface area contributed by atoms with Gasteiger partial charge in [-0.05, 0) is 67.3 Å². The van der Waals surface area contributed by atoms with E-state index in [9.17, 15) is 9.59 Å². The third-order valence-electron chi connectivity index (χ3n) is 8.05. The van der Waals surface area contributed by atoms with E-state index in [0.717, 1.165) is 47.3 Å². The molecule has 9 nitrogen and oxygen atoms in total. The van der Waals surface area contributed by atoms with Crippen molar-refractivity contribution in [2.24, 2.45) is 17.8 Å². The molecule has 2 heterocycles. The highest BCUT2D eigenvalue weighted by atomic mass is 16.5. The second kappa shape index (κ2) is 12.1. The molecular weight excluding hydrogens is 472 g/mol. The summed E-state index contributed by atoms with van der Waals surface area (Å²) in [5.41, 5.74) is 1.81. The molecule has 37 heavy (non-hydrogen) atoms.